The van der Waals surface area contributed by atoms with Crippen molar-refractivity contribution >= 4 is 17.6 Å². The molecule has 27 heavy (non-hydrogen) atoms. The van der Waals surface area contributed by atoms with Crippen LogP contribution in [0.25, 0.3) is 0 Å². The van der Waals surface area contributed by atoms with E-state index in [0.29, 0.717) is 5.56 Å². The van der Waals surface area contributed by atoms with E-state index >= 15 is 0 Å². The van der Waals surface area contributed by atoms with Gasteiger partial charge in [0.15, 0.2) is 5.75 Å². The Hall–Kier alpha value is -3.62. The van der Waals surface area contributed by atoms with E-state index in [0.717, 1.165) is 0 Å². The summed E-state index contributed by atoms with van der Waals surface area (Å²) in [7, 11) is 2.50. The predicted octanol–water partition coefficient (Wildman–Crippen LogP) is 1.82. The fraction of sp³-hybridized carbons (Fsp3) is 0.222. The average molecular weight is 374 g/mol. The third-order valence-corrected chi connectivity index (χ3v) is 3.80. The van der Waals surface area contributed by atoms with Crippen molar-refractivity contribution < 1.29 is 29.1 Å². The summed E-state index contributed by atoms with van der Waals surface area (Å²) < 4.78 is 9.65. The zero-order chi connectivity index (χ0) is 20.0. The zero-order valence-corrected chi connectivity index (χ0v) is 14.7. The molecule has 0 bridgehead atoms. The monoisotopic (exact) mass is 374 g/mol. The fourth-order valence-electron chi connectivity index (χ4n) is 2.43. The van der Waals surface area contributed by atoms with Crippen molar-refractivity contribution in [2.24, 2.45) is 0 Å². The first-order valence-corrected chi connectivity index (χ1v) is 7.84. The second-order valence-corrected chi connectivity index (χ2v) is 5.56. The molecule has 0 saturated carbocycles. The van der Waals surface area contributed by atoms with Crippen LogP contribution in [0.4, 0.5) is 5.69 Å². The van der Waals surface area contributed by atoms with E-state index in [9.17, 15) is 24.8 Å². The first kappa shape index (κ1) is 19.7. The number of nitrogens with one attached hydrogen (secondary N) is 1. The molecule has 0 aromatic heterocycles. The van der Waals surface area contributed by atoms with Crippen LogP contribution in [0, 0.1) is 10.1 Å². The van der Waals surface area contributed by atoms with E-state index in [1.807, 2.05) is 0 Å². The largest absolute Gasteiger partial charge is 0.508 e. The molecule has 0 radical (unpaired) electrons. The van der Waals surface area contributed by atoms with E-state index in [2.05, 4.69) is 5.32 Å². The molecule has 0 saturated heterocycles. The van der Waals surface area contributed by atoms with Crippen LogP contribution in [-0.2, 0) is 16.0 Å². The molecule has 142 valence electrons. The number of methoxy groups -OCH3 is 2. The molecule has 9 nitrogen and oxygen atoms in total. The van der Waals surface area contributed by atoms with Crippen LogP contribution in [0.2, 0.25) is 0 Å². The summed E-state index contributed by atoms with van der Waals surface area (Å²) in [4.78, 5) is 34.9. The van der Waals surface area contributed by atoms with Crippen LogP contribution in [-0.4, -0.2) is 42.2 Å². The Morgan fingerprint density at radius 3 is 2.41 bits per heavy atom. The van der Waals surface area contributed by atoms with Crippen molar-refractivity contribution in [2.75, 3.05) is 14.2 Å². The van der Waals surface area contributed by atoms with E-state index in [1.165, 1.54) is 50.6 Å². The number of carbonyl (C=O) groups is 2. The summed E-state index contributed by atoms with van der Waals surface area (Å²) in [5, 5.41) is 23.0. The van der Waals surface area contributed by atoms with Crippen molar-refractivity contribution in [2.45, 2.75) is 12.5 Å². The van der Waals surface area contributed by atoms with Gasteiger partial charge in [-0.2, -0.15) is 0 Å². The minimum absolute atomic E-state index is 0.00149. The van der Waals surface area contributed by atoms with Gasteiger partial charge in [-0.15, -0.1) is 0 Å². The lowest BCUT2D eigenvalue weighted by Gasteiger charge is -2.17. The minimum atomic E-state index is -1.05. The number of rotatable bonds is 7. The lowest BCUT2D eigenvalue weighted by Crippen LogP contribution is -2.43. The van der Waals surface area contributed by atoms with E-state index in [4.69, 9.17) is 9.47 Å². The molecule has 0 fully saturated rings. The number of phenolic OH excluding ortho intramolecular Hbond substituents is 1. The van der Waals surface area contributed by atoms with Crippen molar-refractivity contribution in [1.82, 2.24) is 5.32 Å². The van der Waals surface area contributed by atoms with Crippen LogP contribution in [0.1, 0.15) is 15.9 Å². The Balaban J connectivity index is 2.23. The number of ether oxygens (including phenoxy) is 2. The van der Waals surface area contributed by atoms with Gasteiger partial charge in [0, 0.05) is 18.1 Å². The lowest BCUT2D eigenvalue weighted by atomic mass is 10.0. The van der Waals surface area contributed by atoms with E-state index in [1.54, 1.807) is 6.07 Å². The van der Waals surface area contributed by atoms with Gasteiger partial charge in [-0.25, -0.2) is 4.79 Å². The first-order valence-electron chi connectivity index (χ1n) is 7.84. The van der Waals surface area contributed by atoms with Gasteiger partial charge >= 0.3 is 11.7 Å². The molecular formula is C18H18N2O7. The number of hydrogen-bond donors (Lipinski definition) is 2. The fourth-order valence-corrected chi connectivity index (χ4v) is 2.43. The van der Waals surface area contributed by atoms with Crippen molar-refractivity contribution in [1.29, 1.82) is 0 Å². The maximum atomic E-state index is 12.3. The van der Waals surface area contributed by atoms with Gasteiger partial charge in [-0.3, -0.25) is 14.9 Å². The molecule has 1 atom stereocenters. The van der Waals surface area contributed by atoms with Gasteiger partial charge in [0.2, 0.25) is 0 Å². The summed E-state index contributed by atoms with van der Waals surface area (Å²) in [5.41, 5.74) is 0.440. The Morgan fingerprint density at radius 1 is 1.19 bits per heavy atom. The third kappa shape index (κ3) is 4.94. The molecule has 9 heteroatoms. The normalized spacial score (nSPS) is 11.3. The van der Waals surface area contributed by atoms with E-state index in [-0.39, 0.29) is 29.2 Å². The standard InChI is InChI=1S/C18H18N2O7/c1-26-16-8-3-11(10-15(16)20(24)25)9-14(18(23)27-2)19-17(22)12-4-6-13(21)7-5-12/h3-8,10,14,21H,9H2,1-2H3,(H,19,22)/t14-/m0/s1. The number of carbonyl (C=O) groups excluding carboxylic acids is 2. The number of nitro groups is 1. The zero-order valence-electron chi connectivity index (χ0n) is 14.7. The molecule has 0 aliphatic rings. The average Bonchev–Trinajstić information content (AvgIpc) is 2.67. The summed E-state index contributed by atoms with van der Waals surface area (Å²) in [5.74, 6) is -1.15. The number of nitrogens with zero attached hydrogens (tertiary/aromatic N) is 1. The number of nitro benzene ring substituents is 1. The highest BCUT2D eigenvalue weighted by Gasteiger charge is 2.24. The van der Waals surface area contributed by atoms with Gasteiger partial charge in [-0.05, 0) is 35.9 Å². The van der Waals surface area contributed by atoms with Gasteiger partial charge in [0.25, 0.3) is 5.91 Å². The number of phenols is 1. The number of hydrogen-bond acceptors (Lipinski definition) is 7. The molecule has 0 heterocycles. The Morgan fingerprint density at radius 2 is 1.85 bits per heavy atom. The Bertz CT molecular complexity index is 849. The third-order valence-electron chi connectivity index (χ3n) is 3.80. The van der Waals surface area contributed by atoms with Crippen molar-refractivity contribution in [3.05, 3.63) is 63.7 Å². The summed E-state index contributed by atoms with van der Waals surface area (Å²) in [6, 6.07) is 8.70. The molecule has 0 aliphatic carbocycles. The van der Waals surface area contributed by atoms with Gasteiger partial charge in [-0.1, -0.05) is 6.07 Å². The van der Waals surface area contributed by atoms with Gasteiger partial charge in [0.1, 0.15) is 11.8 Å². The summed E-state index contributed by atoms with van der Waals surface area (Å²) in [6.45, 7) is 0. The number of esters is 1. The maximum absolute atomic E-state index is 12.3. The SMILES string of the molecule is COC(=O)[C@H](Cc1ccc(OC)c([N+](=O)[O-])c1)NC(=O)c1ccc(O)cc1. The van der Waals surface area contributed by atoms with Crippen LogP contribution >= 0.6 is 0 Å². The second kappa shape index (κ2) is 8.65. The highest BCUT2D eigenvalue weighted by atomic mass is 16.6. The second-order valence-electron chi connectivity index (χ2n) is 5.56. The minimum Gasteiger partial charge on any atom is -0.508 e. The molecule has 2 aromatic carbocycles. The molecule has 0 aliphatic heterocycles. The van der Waals surface area contributed by atoms with Gasteiger partial charge in [0.05, 0.1) is 19.1 Å². The molecule has 2 rings (SSSR count). The van der Waals surface area contributed by atoms with Crippen LogP contribution in [0.5, 0.6) is 11.5 Å². The number of amides is 1. The molecule has 1 amide bonds. The highest BCUT2D eigenvalue weighted by molar-refractivity contribution is 5.96. The molecule has 2 N–H and O–H groups in total. The predicted molar refractivity (Wildman–Crippen MR) is 94.7 cm³/mol. The van der Waals surface area contributed by atoms with E-state index < -0.39 is 22.8 Å². The summed E-state index contributed by atoms with van der Waals surface area (Å²) >= 11 is 0. The molecular weight excluding hydrogens is 356 g/mol. The summed E-state index contributed by atoms with van der Waals surface area (Å²) in [6.07, 6.45) is -0.0126. The number of aromatic hydroxyl groups is 1. The van der Waals surface area contributed by atoms with Crippen molar-refractivity contribution in [3.8, 4) is 11.5 Å². The maximum Gasteiger partial charge on any atom is 0.328 e. The van der Waals surface area contributed by atoms with Crippen LogP contribution in [0.15, 0.2) is 42.5 Å². The molecule has 0 unspecified atom stereocenters. The molecule has 2 aromatic rings. The number of benzene rings is 2. The first-order chi connectivity index (χ1) is 12.8. The van der Waals surface area contributed by atoms with Crippen molar-refractivity contribution in [3.63, 3.8) is 0 Å². The quantitative estimate of drug-likeness (QED) is 0.430. The smallest absolute Gasteiger partial charge is 0.328 e. The van der Waals surface area contributed by atoms with Crippen LogP contribution < -0.4 is 10.1 Å². The molecule has 0 spiro atoms. The van der Waals surface area contributed by atoms with Gasteiger partial charge < -0.3 is 19.9 Å². The topological polar surface area (TPSA) is 128 Å². The lowest BCUT2D eigenvalue weighted by molar-refractivity contribution is -0.385. The Labute approximate surface area is 154 Å². The Kier molecular flexibility index (Phi) is 6.32. The van der Waals surface area contributed by atoms with Crippen LogP contribution in [0.3, 0.4) is 0 Å². The highest BCUT2D eigenvalue weighted by Crippen LogP contribution is 2.28.